The zero-order valence-electron chi connectivity index (χ0n) is 8.80. The zero-order chi connectivity index (χ0) is 12.0. The molecule has 1 rings (SSSR count). The number of aliphatic carboxylic acids is 1. The molecule has 0 heterocycles. The third kappa shape index (κ3) is 4.35. The van der Waals surface area contributed by atoms with E-state index in [9.17, 15) is 14.7 Å². The van der Waals surface area contributed by atoms with E-state index < -0.39 is 12.0 Å². The van der Waals surface area contributed by atoms with Crippen LogP contribution in [0.25, 0.3) is 0 Å². The molecule has 5 heteroatoms. The van der Waals surface area contributed by atoms with E-state index in [1.54, 1.807) is 0 Å². The Bertz CT molecular complexity index is 367. The number of carbonyl (C=O) groups excluding carboxylic acids is 2. The molecule has 0 aliphatic carbocycles. The van der Waals surface area contributed by atoms with Crippen LogP contribution in [0.2, 0.25) is 0 Å². The van der Waals surface area contributed by atoms with Crippen LogP contribution in [0.4, 0.5) is 0 Å². The van der Waals surface area contributed by atoms with E-state index in [2.05, 4.69) is 5.32 Å². The van der Waals surface area contributed by atoms with Gasteiger partial charge in [-0.25, -0.2) is 0 Å². The van der Waals surface area contributed by atoms with Crippen molar-refractivity contribution in [1.29, 1.82) is 0 Å². The molecule has 0 aliphatic rings. The highest BCUT2D eigenvalue weighted by Crippen LogP contribution is 2.17. The normalized spacial score (nSPS) is 11.8. The van der Waals surface area contributed by atoms with E-state index in [-0.39, 0.29) is 11.7 Å². The highest BCUT2D eigenvalue weighted by Gasteiger charge is 2.11. The van der Waals surface area contributed by atoms with Gasteiger partial charge in [-0.05, 0) is 12.1 Å². The first kappa shape index (κ1) is 12.6. The van der Waals surface area contributed by atoms with Crippen molar-refractivity contribution in [2.75, 3.05) is 5.75 Å². The lowest BCUT2D eigenvalue weighted by Gasteiger charge is -2.18. The summed E-state index contributed by atoms with van der Waals surface area (Å²) in [5.41, 5.74) is 0. The molecule has 86 valence electrons. The molecule has 0 saturated carbocycles. The van der Waals surface area contributed by atoms with Gasteiger partial charge in [0.2, 0.25) is 5.91 Å². The van der Waals surface area contributed by atoms with Crippen LogP contribution in [0.5, 0.6) is 0 Å². The first-order chi connectivity index (χ1) is 7.59. The van der Waals surface area contributed by atoms with Gasteiger partial charge in [-0.15, -0.1) is 11.8 Å². The molecule has 4 nitrogen and oxygen atoms in total. The Balaban J connectivity index is 2.50. The summed E-state index contributed by atoms with van der Waals surface area (Å²) < 4.78 is 0. The van der Waals surface area contributed by atoms with Gasteiger partial charge < -0.3 is 15.2 Å². The topological polar surface area (TPSA) is 69.2 Å². The summed E-state index contributed by atoms with van der Waals surface area (Å²) in [6, 6.07) is 8.43. The fourth-order valence-electron chi connectivity index (χ4n) is 1.11. The SMILES string of the molecule is CC(=O)N[C@H](CSc1ccccc1)C(=O)[O-]. The number of hydrogen-bond donors (Lipinski definition) is 1. The Labute approximate surface area is 98.0 Å². The Hall–Kier alpha value is -1.49. The quantitative estimate of drug-likeness (QED) is 0.735. The fraction of sp³-hybridized carbons (Fsp3) is 0.273. The molecule has 1 atom stereocenters. The minimum Gasteiger partial charge on any atom is -0.548 e. The van der Waals surface area contributed by atoms with Gasteiger partial charge in [0.15, 0.2) is 0 Å². The molecule has 16 heavy (non-hydrogen) atoms. The summed E-state index contributed by atoms with van der Waals surface area (Å²) >= 11 is 1.36. The van der Waals surface area contributed by atoms with E-state index in [0.29, 0.717) is 0 Å². The highest BCUT2D eigenvalue weighted by atomic mass is 32.2. The monoisotopic (exact) mass is 238 g/mol. The van der Waals surface area contributed by atoms with Gasteiger partial charge in [-0.3, -0.25) is 4.79 Å². The lowest BCUT2D eigenvalue weighted by atomic mass is 10.3. The summed E-state index contributed by atoms with van der Waals surface area (Å²) in [6.45, 7) is 1.28. The molecule has 0 fully saturated rings. The first-order valence-electron chi connectivity index (χ1n) is 4.75. The number of rotatable bonds is 5. The average Bonchev–Trinajstić information content (AvgIpc) is 2.25. The maximum absolute atomic E-state index is 10.8. The molecule has 0 unspecified atom stereocenters. The second-order valence-electron chi connectivity index (χ2n) is 3.20. The molecule has 0 aromatic heterocycles. The predicted octanol–water partition coefficient (Wildman–Crippen LogP) is 0.0333. The van der Waals surface area contributed by atoms with E-state index >= 15 is 0 Å². The molecule has 1 amide bonds. The van der Waals surface area contributed by atoms with Crippen LogP contribution in [-0.2, 0) is 9.59 Å². The smallest absolute Gasteiger partial charge is 0.217 e. The van der Waals surface area contributed by atoms with E-state index in [0.717, 1.165) is 4.90 Å². The van der Waals surface area contributed by atoms with Crippen LogP contribution in [-0.4, -0.2) is 23.7 Å². The standard InChI is InChI=1S/C11H13NO3S/c1-8(13)12-10(11(14)15)7-16-9-5-3-2-4-6-9/h2-6,10H,7H2,1H3,(H,12,13)(H,14,15)/p-1/t10-/m1/s1. The number of amides is 1. The van der Waals surface area contributed by atoms with Crippen molar-refractivity contribution < 1.29 is 14.7 Å². The van der Waals surface area contributed by atoms with Gasteiger partial charge in [0.1, 0.15) is 0 Å². The van der Waals surface area contributed by atoms with Crippen LogP contribution in [0.1, 0.15) is 6.92 Å². The maximum atomic E-state index is 10.8. The summed E-state index contributed by atoms with van der Waals surface area (Å²) in [6.07, 6.45) is 0. The lowest BCUT2D eigenvalue weighted by Crippen LogP contribution is -2.48. The maximum Gasteiger partial charge on any atom is 0.217 e. The van der Waals surface area contributed by atoms with Crippen LogP contribution in [0.3, 0.4) is 0 Å². The number of thioether (sulfide) groups is 1. The van der Waals surface area contributed by atoms with Gasteiger partial charge in [-0.1, -0.05) is 18.2 Å². The number of carboxylic acid groups (broad SMARTS) is 1. The van der Waals surface area contributed by atoms with Crippen molar-refractivity contribution in [1.82, 2.24) is 5.32 Å². The predicted molar refractivity (Wildman–Crippen MR) is 59.8 cm³/mol. The van der Waals surface area contributed by atoms with E-state index in [1.165, 1.54) is 18.7 Å². The average molecular weight is 238 g/mol. The molecule has 1 aromatic rings. The Morgan fingerprint density at radius 3 is 2.50 bits per heavy atom. The fourth-order valence-corrected chi connectivity index (χ4v) is 2.04. The molecule has 0 radical (unpaired) electrons. The largest absolute Gasteiger partial charge is 0.548 e. The Morgan fingerprint density at radius 1 is 1.38 bits per heavy atom. The Kier molecular flexibility index (Phi) is 4.85. The molecule has 1 aromatic carbocycles. The second kappa shape index (κ2) is 6.17. The minimum absolute atomic E-state index is 0.256. The number of benzene rings is 1. The van der Waals surface area contributed by atoms with Gasteiger partial charge in [-0.2, -0.15) is 0 Å². The lowest BCUT2D eigenvalue weighted by molar-refractivity contribution is -0.307. The van der Waals surface area contributed by atoms with Gasteiger partial charge >= 0.3 is 0 Å². The highest BCUT2D eigenvalue weighted by molar-refractivity contribution is 7.99. The molecular formula is C11H12NO3S-. The van der Waals surface area contributed by atoms with Crippen LogP contribution in [0, 0.1) is 0 Å². The van der Waals surface area contributed by atoms with Crippen LogP contribution >= 0.6 is 11.8 Å². The molecule has 0 bridgehead atoms. The minimum atomic E-state index is -1.27. The number of nitrogens with one attached hydrogen (secondary N) is 1. The number of carboxylic acids is 1. The van der Waals surface area contributed by atoms with Crippen molar-refractivity contribution in [3.63, 3.8) is 0 Å². The third-order valence-electron chi connectivity index (χ3n) is 1.82. The van der Waals surface area contributed by atoms with Crippen molar-refractivity contribution in [3.8, 4) is 0 Å². The van der Waals surface area contributed by atoms with E-state index in [4.69, 9.17) is 0 Å². The van der Waals surface area contributed by atoms with E-state index in [1.807, 2.05) is 30.3 Å². The number of hydrogen-bond acceptors (Lipinski definition) is 4. The Morgan fingerprint density at radius 2 is 2.00 bits per heavy atom. The first-order valence-corrected chi connectivity index (χ1v) is 5.74. The molecule has 0 spiro atoms. The van der Waals surface area contributed by atoms with Gasteiger partial charge in [0.25, 0.3) is 0 Å². The van der Waals surface area contributed by atoms with Crippen LogP contribution in [0.15, 0.2) is 35.2 Å². The zero-order valence-corrected chi connectivity index (χ0v) is 9.62. The van der Waals surface area contributed by atoms with Gasteiger partial charge in [0, 0.05) is 17.6 Å². The van der Waals surface area contributed by atoms with Crippen LogP contribution < -0.4 is 10.4 Å². The van der Waals surface area contributed by atoms with Gasteiger partial charge in [0.05, 0.1) is 12.0 Å². The van der Waals surface area contributed by atoms with Crippen molar-refractivity contribution in [3.05, 3.63) is 30.3 Å². The summed E-state index contributed by atoms with van der Waals surface area (Å²) in [4.78, 5) is 22.4. The molecule has 1 N–H and O–H groups in total. The summed E-state index contributed by atoms with van der Waals surface area (Å²) in [7, 11) is 0. The number of carbonyl (C=O) groups is 2. The molecular weight excluding hydrogens is 226 g/mol. The van der Waals surface area contributed by atoms with Crippen molar-refractivity contribution >= 4 is 23.6 Å². The third-order valence-corrected chi connectivity index (χ3v) is 2.93. The second-order valence-corrected chi connectivity index (χ2v) is 4.29. The molecule has 0 aliphatic heterocycles. The summed E-state index contributed by atoms with van der Waals surface area (Å²) in [5.74, 6) is -1.38. The van der Waals surface area contributed by atoms with Crippen molar-refractivity contribution in [2.45, 2.75) is 17.9 Å². The van der Waals surface area contributed by atoms with Crippen molar-refractivity contribution in [2.24, 2.45) is 0 Å². The summed E-state index contributed by atoms with van der Waals surface area (Å²) in [5, 5.41) is 13.0. The molecule has 0 saturated heterocycles.